The van der Waals surface area contributed by atoms with Crippen molar-refractivity contribution in [2.24, 2.45) is 0 Å². The molecule has 3 N–H and O–H groups in total. The van der Waals surface area contributed by atoms with E-state index < -0.39 is 5.82 Å². The summed E-state index contributed by atoms with van der Waals surface area (Å²) >= 11 is 1.40. The summed E-state index contributed by atoms with van der Waals surface area (Å²) in [6.07, 6.45) is 4.37. The van der Waals surface area contributed by atoms with Gasteiger partial charge in [-0.05, 0) is 47.7 Å². The topological polar surface area (TPSA) is 98.8 Å². The molecule has 5 rings (SSSR count). The highest BCUT2D eigenvalue weighted by atomic mass is 32.1. The predicted molar refractivity (Wildman–Crippen MR) is 130 cm³/mol. The van der Waals surface area contributed by atoms with Crippen molar-refractivity contribution >= 4 is 38.9 Å². The number of thiophene rings is 1. The molecule has 3 aromatic heterocycles. The number of fused-ring (bicyclic) bond motifs is 1. The van der Waals surface area contributed by atoms with E-state index in [0.717, 1.165) is 9.58 Å². The van der Waals surface area contributed by atoms with Crippen LogP contribution < -0.4 is 15.8 Å². The van der Waals surface area contributed by atoms with Crippen LogP contribution in [0.5, 0.6) is 5.75 Å². The van der Waals surface area contributed by atoms with E-state index in [2.05, 4.69) is 37.1 Å². The predicted octanol–water partition coefficient (Wildman–Crippen LogP) is 5.06. The third kappa shape index (κ3) is 5.31. The number of hydrogen-bond donors (Lipinski definition) is 2. The molecule has 0 atom stereocenters. The molecule has 0 aliphatic rings. The first kappa shape index (κ1) is 22.2. The maximum atomic E-state index is 14.6. The third-order valence-corrected chi connectivity index (χ3v) is 5.82. The number of aromatic nitrogens is 4. The Morgan fingerprint density at radius 2 is 1.89 bits per heavy atom. The van der Waals surface area contributed by atoms with Crippen LogP contribution in [-0.2, 0) is 6.61 Å². The van der Waals surface area contributed by atoms with E-state index >= 15 is 0 Å². The molecule has 0 aliphatic carbocycles. The van der Waals surface area contributed by atoms with Gasteiger partial charge in [-0.25, -0.2) is 28.7 Å². The molecule has 0 aliphatic heterocycles. The Hall–Kier alpha value is -4.62. The zero-order valence-corrected chi connectivity index (χ0v) is 18.8. The SMILES string of the molecule is Nc1cnc(C#Cc2cc3ncnc(Nc4ccc(OCc5cccc(F)c5)c(F)c4)c3s2)cn1. The van der Waals surface area contributed by atoms with Crippen molar-refractivity contribution in [2.45, 2.75) is 6.61 Å². The van der Waals surface area contributed by atoms with E-state index in [1.165, 1.54) is 54.3 Å². The van der Waals surface area contributed by atoms with Crippen molar-refractivity contribution in [3.8, 4) is 17.6 Å². The van der Waals surface area contributed by atoms with E-state index in [9.17, 15) is 8.78 Å². The van der Waals surface area contributed by atoms with Crippen LogP contribution in [0.3, 0.4) is 0 Å². The van der Waals surface area contributed by atoms with Gasteiger partial charge in [-0.3, -0.25) is 0 Å². The van der Waals surface area contributed by atoms with Gasteiger partial charge >= 0.3 is 0 Å². The summed E-state index contributed by atoms with van der Waals surface area (Å²) in [5.41, 5.74) is 7.83. The number of nitrogens with two attached hydrogens (primary N) is 1. The van der Waals surface area contributed by atoms with Crippen LogP contribution in [0.25, 0.3) is 10.2 Å². The Morgan fingerprint density at radius 3 is 2.69 bits per heavy atom. The fraction of sp³-hybridized carbons (Fsp3) is 0.0400. The fourth-order valence-electron chi connectivity index (χ4n) is 3.15. The Balaban J connectivity index is 1.33. The lowest BCUT2D eigenvalue weighted by molar-refractivity contribution is 0.290. The molecule has 0 radical (unpaired) electrons. The summed E-state index contributed by atoms with van der Waals surface area (Å²) in [7, 11) is 0. The molecule has 7 nitrogen and oxygen atoms in total. The summed E-state index contributed by atoms with van der Waals surface area (Å²) in [5.74, 6) is 5.96. The number of nitrogens with zero attached hydrogens (tertiary/aromatic N) is 4. The molecular weight excluding hydrogens is 470 g/mol. The van der Waals surface area contributed by atoms with Gasteiger partial charge in [0.1, 0.15) is 30.3 Å². The number of nitrogen functional groups attached to an aromatic ring is 1. The lowest BCUT2D eigenvalue weighted by Gasteiger charge is -2.10. The number of anilines is 3. The van der Waals surface area contributed by atoms with Gasteiger partial charge in [-0.2, -0.15) is 0 Å². The average Bonchev–Trinajstić information content (AvgIpc) is 3.28. The Morgan fingerprint density at radius 1 is 0.971 bits per heavy atom. The van der Waals surface area contributed by atoms with E-state index in [-0.39, 0.29) is 18.2 Å². The van der Waals surface area contributed by atoms with Crippen molar-refractivity contribution < 1.29 is 13.5 Å². The summed E-state index contributed by atoms with van der Waals surface area (Å²) < 4.78 is 34.2. The summed E-state index contributed by atoms with van der Waals surface area (Å²) in [4.78, 5) is 17.4. The standard InChI is InChI=1S/C25H16F2N6OS/c26-16-3-1-2-15(8-16)13-34-22-7-5-17(9-20(22)27)33-25-24-21(31-14-32-25)10-19(35-24)6-4-18-11-30-23(28)12-29-18/h1-3,5,7-12,14H,13H2,(H2,28,30)(H,31,32,33). The number of nitrogens with one attached hydrogen (secondary N) is 1. The number of halogens is 2. The van der Waals surface area contributed by atoms with E-state index in [1.54, 1.807) is 18.2 Å². The second-order valence-corrected chi connectivity index (χ2v) is 8.36. The van der Waals surface area contributed by atoms with Gasteiger partial charge in [-0.15, -0.1) is 11.3 Å². The molecule has 0 saturated heterocycles. The quantitative estimate of drug-likeness (QED) is 0.335. The minimum absolute atomic E-state index is 0.0505. The van der Waals surface area contributed by atoms with E-state index in [4.69, 9.17) is 10.5 Å². The van der Waals surface area contributed by atoms with Gasteiger partial charge in [0.05, 0.1) is 27.5 Å². The van der Waals surface area contributed by atoms with Crippen molar-refractivity contribution in [2.75, 3.05) is 11.1 Å². The van der Waals surface area contributed by atoms with Crippen molar-refractivity contribution in [1.29, 1.82) is 0 Å². The molecule has 0 unspecified atom stereocenters. The molecular formula is C25H16F2N6OS. The highest BCUT2D eigenvalue weighted by Gasteiger charge is 2.11. The van der Waals surface area contributed by atoms with Gasteiger partial charge in [0.25, 0.3) is 0 Å². The Labute approximate surface area is 202 Å². The van der Waals surface area contributed by atoms with E-state index in [1.807, 2.05) is 6.07 Å². The van der Waals surface area contributed by atoms with Crippen LogP contribution >= 0.6 is 11.3 Å². The highest BCUT2D eigenvalue weighted by Crippen LogP contribution is 2.31. The zero-order chi connectivity index (χ0) is 24.2. The smallest absolute Gasteiger partial charge is 0.167 e. The van der Waals surface area contributed by atoms with Gasteiger partial charge in [0, 0.05) is 11.8 Å². The number of benzene rings is 2. The summed E-state index contributed by atoms with van der Waals surface area (Å²) in [5, 5.41) is 3.12. The lowest BCUT2D eigenvalue weighted by atomic mass is 10.2. The van der Waals surface area contributed by atoms with Crippen LogP contribution in [0.15, 0.2) is 67.3 Å². The molecule has 172 valence electrons. The largest absolute Gasteiger partial charge is 0.486 e. The minimum Gasteiger partial charge on any atom is -0.486 e. The molecule has 0 spiro atoms. The molecule has 0 bridgehead atoms. The molecule has 5 aromatic rings. The molecule has 0 amide bonds. The van der Waals surface area contributed by atoms with Crippen molar-refractivity contribution in [3.63, 3.8) is 0 Å². The first-order valence-electron chi connectivity index (χ1n) is 10.3. The fourth-order valence-corrected chi connectivity index (χ4v) is 4.06. The highest BCUT2D eigenvalue weighted by molar-refractivity contribution is 7.20. The van der Waals surface area contributed by atoms with Crippen LogP contribution in [0.2, 0.25) is 0 Å². The monoisotopic (exact) mass is 486 g/mol. The average molecular weight is 487 g/mol. The molecule has 0 fully saturated rings. The van der Waals surface area contributed by atoms with E-state index in [0.29, 0.717) is 34.1 Å². The maximum Gasteiger partial charge on any atom is 0.167 e. The van der Waals surface area contributed by atoms with Crippen LogP contribution in [0.1, 0.15) is 16.1 Å². The molecule has 35 heavy (non-hydrogen) atoms. The lowest BCUT2D eigenvalue weighted by Crippen LogP contribution is -1.99. The van der Waals surface area contributed by atoms with Crippen LogP contribution in [-0.4, -0.2) is 19.9 Å². The normalized spacial score (nSPS) is 10.6. The van der Waals surface area contributed by atoms with Gasteiger partial charge in [-0.1, -0.05) is 12.1 Å². The Kier molecular flexibility index (Phi) is 6.15. The first-order chi connectivity index (χ1) is 17.0. The molecule has 3 heterocycles. The molecule has 0 saturated carbocycles. The van der Waals surface area contributed by atoms with Crippen LogP contribution in [0, 0.1) is 23.5 Å². The van der Waals surface area contributed by atoms with Gasteiger partial charge < -0.3 is 15.8 Å². The Bertz CT molecular complexity index is 1580. The second-order valence-electron chi connectivity index (χ2n) is 7.31. The number of hydrogen-bond acceptors (Lipinski definition) is 8. The zero-order valence-electron chi connectivity index (χ0n) is 18.0. The first-order valence-corrected chi connectivity index (χ1v) is 11.1. The van der Waals surface area contributed by atoms with Gasteiger partial charge in [0.2, 0.25) is 0 Å². The van der Waals surface area contributed by atoms with Crippen LogP contribution in [0.4, 0.5) is 26.1 Å². The maximum absolute atomic E-state index is 14.6. The molecule has 2 aromatic carbocycles. The number of rotatable bonds is 5. The van der Waals surface area contributed by atoms with Gasteiger partial charge in [0.15, 0.2) is 17.4 Å². The number of ether oxygens (including phenoxy) is 1. The second kappa shape index (κ2) is 9.70. The summed E-state index contributed by atoms with van der Waals surface area (Å²) in [6, 6.07) is 12.3. The summed E-state index contributed by atoms with van der Waals surface area (Å²) in [6.45, 7) is 0.0505. The third-order valence-electron chi connectivity index (χ3n) is 4.77. The molecule has 10 heteroatoms. The van der Waals surface area contributed by atoms with Crippen molar-refractivity contribution in [1.82, 2.24) is 19.9 Å². The van der Waals surface area contributed by atoms with Crippen molar-refractivity contribution in [3.05, 3.63) is 95.0 Å². The minimum atomic E-state index is -0.556.